The fourth-order valence-corrected chi connectivity index (χ4v) is 1.45. The Morgan fingerprint density at radius 1 is 1.38 bits per heavy atom. The number of hydrogen-bond donors (Lipinski definition) is 1. The van der Waals surface area contributed by atoms with Crippen LogP contribution in [0.3, 0.4) is 0 Å². The van der Waals surface area contributed by atoms with Gasteiger partial charge in [0.05, 0.1) is 12.3 Å². The average Bonchev–Trinajstić information content (AvgIpc) is 2.23. The standard InChI is InChI=1S/C13H19NO2/c1-4-6-13(15)14-11-8-7-10(3)9-12(11)16-5-2/h7-9H,4-6H2,1-3H3,(H,14,15). The van der Waals surface area contributed by atoms with Crippen molar-refractivity contribution in [2.75, 3.05) is 11.9 Å². The van der Waals surface area contributed by atoms with Gasteiger partial charge in [-0.2, -0.15) is 0 Å². The Hall–Kier alpha value is -1.51. The Balaban J connectivity index is 2.81. The van der Waals surface area contributed by atoms with E-state index in [0.717, 1.165) is 23.4 Å². The van der Waals surface area contributed by atoms with E-state index in [1.54, 1.807) is 0 Å². The van der Waals surface area contributed by atoms with Crippen molar-refractivity contribution in [2.24, 2.45) is 0 Å². The normalized spacial score (nSPS) is 9.94. The van der Waals surface area contributed by atoms with Crippen LogP contribution < -0.4 is 10.1 Å². The zero-order valence-electron chi connectivity index (χ0n) is 10.2. The molecule has 0 radical (unpaired) electrons. The molecule has 1 aromatic rings. The molecule has 16 heavy (non-hydrogen) atoms. The summed E-state index contributed by atoms with van der Waals surface area (Å²) in [4.78, 5) is 11.5. The first-order valence-corrected chi connectivity index (χ1v) is 5.70. The third-order valence-electron chi connectivity index (χ3n) is 2.19. The molecule has 0 aliphatic heterocycles. The summed E-state index contributed by atoms with van der Waals surface area (Å²) < 4.78 is 5.48. The lowest BCUT2D eigenvalue weighted by molar-refractivity contribution is -0.116. The zero-order chi connectivity index (χ0) is 12.0. The van der Waals surface area contributed by atoms with Crippen LogP contribution in [0.25, 0.3) is 0 Å². The van der Waals surface area contributed by atoms with Crippen molar-refractivity contribution >= 4 is 11.6 Å². The molecule has 3 heteroatoms. The van der Waals surface area contributed by atoms with E-state index in [-0.39, 0.29) is 5.91 Å². The second-order valence-electron chi connectivity index (χ2n) is 3.73. The summed E-state index contributed by atoms with van der Waals surface area (Å²) in [6.45, 7) is 6.51. The molecular weight excluding hydrogens is 202 g/mol. The second kappa shape index (κ2) is 6.16. The van der Waals surface area contributed by atoms with Gasteiger partial charge in [0, 0.05) is 6.42 Å². The second-order valence-corrected chi connectivity index (χ2v) is 3.73. The molecular formula is C13H19NO2. The summed E-state index contributed by atoms with van der Waals surface area (Å²) in [5, 5.41) is 2.86. The maximum atomic E-state index is 11.5. The molecule has 0 unspecified atom stereocenters. The summed E-state index contributed by atoms with van der Waals surface area (Å²) in [5.41, 5.74) is 1.88. The van der Waals surface area contributed by atoms with Crippen LogP contribution in [0.4, 0.5) is 5.69 Å². The summed E-state index contributed by atoms with van der Waals surface area (Å²) in [6, 6.07) is 5.78. The van der Waals surface area contributed by atoms with E-state index in [1.165, 1.54) is 0 Å². The number of carbonyl (C=O) groups is 1. The number of aryl methyl sites for hydroxylation is 1. The SMILES string of the molecule is CCCC(=O)Nc1ccc(C)cc1OCC. The van der Waals surface area contributed by atoms with Crippen LogP contribution in [0.15, 0.2) is 18.2 Å². The van der Waals surface area contributed by atoms with Gasteiger partial charge < -0.3 is 10.1 Å². The van der Waals surface area contributed by atoms with Crippen LogP contribution >= 0.6 is 0 Å². The summed E-state index contributed by atoms with van der Waals surface area (Å²) in [7, 11) is 0. The van der Waals surface area contributed by atoms with E-state index in [9.17, 15) is 4.79 Å². The summed E-state index contributed by atoms with van der Waals surface area (Å²) in [5.74, 6) is 0.777. The Morgan fingerprint density at radius 2 is 2.12 bits per heavy atom. The number of benzene rings is 1. The molecule has 0 heterocycles. The van der Waals surface area contributed by atoms with Gasteiger partial charge >= 0.3 is 0 Å². The average molecular weight is 221 g/mol. The van der Waals surface area contributed by atoms with E-state index in [0.29, 0.717) is 13.0 Å². The highest BCUT2D eigenvalue weighted by Crippen LogP contribution is 2.25. The Bertz CT molecular complexity index is 361. The lowest BCUT2D eigenvalue weighted by atomic mass is 10.2. The van der Waals surface area contributed by atoms with Crippen LogP contribution in [0, 0.1) is 6.92 Å². The first-order chi connectivity index (χ1) is 7.67. The monoisotopic (exact) mass is 221 g/mol. The molecule has 0 atom stereocenters. The molecule has 0 saturated heterocycles. The van der Waals surface area contributed by atoms with Gasteiger partial charge in [0.1, 0.15) is 5.75 Å². The number of anilines is 1. The van der Waals surface area contributed by atoms with Crippen LogP contribution in [0.1, 0.15) is 32.3 Å². The maximum Gasteiger partial charge on any atom is 0.224 e. The Morgan fingerprint density at radius 3 is 2.75 bits per heavy atom. The summed E-state index contributed by atoms with van der Waals surface area (Å²) in [6.07, 6.45) is 1.39. The molecule has 1 rings (SSSR count). The number of ether oxygens (including phenoxy) is 1. The highest BCUT2D eigenvalue weighted by Gasteiger charge is 2.07. The van der Waals surface area contributed by atoms with Crippen molar-refractivity contribution in [1.82, 2.24) is 0 Å². The lowest BCUT2D eigenvalue weighted by Crippen LogP contribution is -2.11. The molecule has 3 nitrogen and oxygen atoms in total. The van der Waals surface area contributed by atoms with Crippen LogP contribution in [0.2, 0.25) is 0 Å². The minimum atomic E-state index is 0.0345. The number of hydrogen-bond acceptors (Lipinski definition) is 2. The van der Waals surface area contributed by atoms with Gasteiger partial charge in [-0.3, -0.25) is 4.79 Å². The van der Waals surface area contributed by atoms with E-state index < -0.39 is 0 Å². The smallest absolute Gasteiger partial charge is 0.224 e. The van der Waals surface area contributed by atoms with Crippen LogP contribution in [-0.4, -0.2) is 12.5 Å². The topological polar surface area (TPSA) is 38.3 Å². The summed E-state index contributed by atoms with van der Waals surface area (Å²) >= 11 is 0. The fourth-order valence-electron chi connectivity index (χ4n) is 1.45. The third-order valence-corrected chi connectivity index (χ3v) is 2.19. The predicted molar refractivity (Wildman–Crippen MR) is 65.9 cm³/mol. The molecule has 0 fully saturated rings. The first kappa shape index (κ1) is 12.6. The van der Waals surface area contributed by atoms with Crippen molar-refractivity contribution in [3.63, 3.8) is 0 Å². The van der Waals surface area contributed by atoms with Crippen molar-refractivity contribution in [2.45, 2.75) is 33.6 Å². The maximum absolute atomic E-state index is 11.5. The van der Waals surface area contributed by atoms with Crippen molar-refractivity contribution in [1.29, 1.82) is 0 Å². The minimum absolute atomic E-state index is 0.0345. The molecule has 0 spiro atoms. The highest BCUT2D eigenvalue weighted by atomic mass is 16.5. The quantitative estimate of drug-likeness (QED) is 0.829. The van der Waals surface area contributed by atoms with Crippen LogP contribution in [-0.2, 0) is 4.79 Å². The zero-order valence-corrected chi connectivity index (χ0v) is 10.2. The number of amides is 1. The van der Waals surface area contributed by atoms with Crippen LogP contribution in [0.5, 0.6) is 5.75 Å². The third kappa shape index (κ3) is 3.57. The van der Waals surface area contributed by atoms with Gasteiger partial charge in [0.2, 0.25) is 5.91 Å². The van der Waals surface area contributed by atoms with E-state index in [1.807, 2.05) is 39.0 Å². The number of carbonyl (C=O) groups excluding carboxylic acids is 1. The lowest BCUT2D eigenvalue weighted by Gasteiger charge is -2.11. The first-order valence-electron chi connectivity index (χ1n) is 5.70. The fraction of sp³-hybridized carbons (Fsp3) is 0.462. The number of nitrogens with one attached hydrogen (secondary N) is 1. The predicted octanol–water partition coefficient (Wildman–Crippen LogP) is 3.13. The van der Waals surface area contributed by atoms with Crippen molar-refractivity contribution in [3.05, 3.63) is 23.8 Å². The molecule has 88 valence electrons. The molecule has 0 aliphatic rings. The van der Waals surface area contributed by atoms with Gasteiger partial charge in [-0.15, -0.1) is 0 Å². The molecule has 1 aromatic carbocycles. The van der Waals surface area contributed by atoms with Gasteiger partial charge in [-0.25, -0.2) is 0 Å². The van der Waals surface area contributed by atoms with Gasteiger partial charge in [0.25, 0.3) is 0 Å². The largest absolute Gasteiger partial charge is 0.492 e. The molecule has 0 aromatic heterocycles. The van der Waals surface area contributed by atoms with E-state index >= 15 is 0 Å². The van der Waals surface area contributed by atoms with Crippen molar-refractivity contribution < 1.29 is 9.53 Å². The molecule has 0 bridgehead atoms. The van der Waals surface area contributed by atoms with Gasteiger partial charge in [-0.05, 0) is 38.0 Å². The minimum Gasteiger partial charge on any atom is -0.492 e. The molecule has 1 N–H and O–H groups in total. The van der Waals surface area contributed by atoms with Gasteiger partial charge in [-0.1, -0.05) is 13.0 Å². The molecule has 1 amide bonds. The molecule has 0 saturated carbocycles. The number of rotatable bonds is 5. The Labute approximate surface area is 96.8 Å². The Kier molecular flexibility index (Phi) is 4.83. The molecule has 0 aliphatic carbocycles. The highest BCUT2D eigenvalue weighted by molar-refractivity contribution is 5.92. The van der Waals surface area contributed by atoms with Crippen molar-refractivity contribution in [3.8, 4) is 5.75 Å². The van der Waals surface area contributed by atoms with Gasteiger partial charge in [0.15, 0.2) is 0 Å². The van der Waals surface area contributed by atoms with E-state index in [2.05, 4.69) is 5.32 Å². The van der Waals surface area contributed by atoms with E-state index in [4.69, 9.17) is 4.74 Å².